The van der Waals surface area contributed by atoms with Gasteiger partial charge in [-0.05, 0) is 45.7 Å². The van der Waals surface area contributed by atoms with E-state index in [1.54, 1.807) is 0 Å². The third-order valence-corrected chi connectivity index (χ3v) is 8.83. The second-order valence-electron chi connectivity index (χ2n) is 11.3. The Morgan fingerprint density at radius 2 is 1.88 bits per heavy atom. The number of fused-ring (bicyclic) bond motifs is 3. The summed E-state index contributed by atoms with van der Waals surface area (Å²) in [6.45, 7) is 0.00509. The number of hydrogen-bond acceptors (Lipinski definition) is 11. The molecular formula is C28H34N4O9. The maximum absolute atomic E-state index is 14.0. The number of anilines is 1. The van der Waals surface area contributed by atoms with Crippen LogP contribution < -0.4 is 21.1 Å². The fourth-order valence-corrected chi connectivity index (χ4v) is 6.60. The highest BCUT2D eigenvalue weighted by Gasteiger charge is 2.64. The number of amides is 2. The minimum Gasteiger partial charge on any atom is -0.508 e. The molecule has 4 aliphatic carbocycles. The fraction of sp³-hybridized carbons (Fsp3) is 0.500. The van der Waals surface area contributed by atoms with Crippen molar-refractivity contribution in [1.29, 1.82) is 0 Å². The molecule has 8 N–H and O–H groups in total. The van der Waals surface area contributed by atoms with E-state index in [2.05, 4.69) is 10.6 Å². The summed E-state index contributed by atoms with van der Waals surface area (Å²) in [7, 11) is 4.45. The largest absolute Gasteiger partial charge is 0.508 e. The molecule has 0 heterocycles. The Hall–Kier alpha value is -3.94. The number of rotatable bonds is 7. The van der Waals surface area contributed by atoms with Gasteiger partial charge in [-0.2, -0.15) is 0 Å². The number of nitrogens with one attached hydrogen (secondary N) is 2. The van der Waals surface area contributed by atoms with Gasteiger partial charge in [0.1, 0.15) is 22.8 Å². The van der Waals surface area contributed by atoms with Gasteiger partial charge in [0.05, 0.1) is 30.9 Å². The van der Waals surface area contributed by atoms with E-state index in [0.29, 0.717) is 5.56 Å². The number of carbonyl (C=O) groups excluding carboxylic acids is 4. The van der Waals surface area contributed by atoms with Crippen LogP contribution in [0.4, 0.5) is 5.69 Å². The van der Waals surface area contributed by atoms with Gasteiger partial charge in [0.2, 0.25) is 11.7 Å². The minimum atomic E-state index is -2.73. The number of benzene rings is 1. The highest BCUT2D eigenvalue weighted by molar-refractivity contribution is 6.24. The lowest BCUT2D eigenvalue weighted by Gasteiger charge is -2.50. The monoisotopic (exact) mass is 570 g/mol. The zero-order chi connectivity index (χ0) is 30.0. The number of hydrogen-bond donors (Lipinski definition) is 7. The third-order valence-electron chi connectivity index (χ3n) is 8.83. The highest BCUT2D eigenvalue weighted by Crippen LogP contribution is 2.54. The second-order valence-corrected chi connectivity index (χ2v) is 11.3. The Balaban J connectivity index is 1.60. The van der Waals surface area contributed by atoms with Gasteiger partial charge in [-0.15, -0.1) is 0 Å². The van der Waals surface area contributed by atoms with Crippen LogP contribution in [0.1, 0.15) is 36.8 Å². The Labute approximate surface area is 235 Å². The van der Waals surface area contributed by atoms with Crippen LogP contribution in [0, 0.1) is 11.8 Å². The molecular weight excluding hydrogens is 536 g/mol. The van der Waals surface area contributed by atoms with Crippen molar-refractivity contribution in [2.45, 2.75) is 49.8 Å². The summed E-state index contributed by atoms with van der Waals surface area (Å²) < 4.78 is 5.52. The van der Waals surface area contributed by atoms with E-state index in [1.165, 1.54) is 32.2 Å². The van der Waals surface area contributed by atoms with Gasteiger partial charge in [0.25, 0.3) is 5.91 Å². The summed E-state index contributed by atoms with van der Waals surface area (Å²) in [5, 5.41) is 51.0. The number of aliphatic hydroxyl groups excluding tert-OH is 2. The van der Waals surface area contributed by atoms with Crippen molar-refractivity contribution in [2.75, 3.05) is 33.1 Å². The molecule has 0 bridgehead atoms. The van der Waals surface area contributed by atoms with E-state index in [1.807, 2.05) is 0 Å². The molecule has 1 aromatic carbocycles. The topological polar surface area (TPSA) is 212 Å². The number of likely N-dealkylation sites (N-methyl/N-ethyl adjacent to an activating group) is 1. The van der Waals surface area contributed by atoms with E-state index in [-0.39, 0.29) is 48.0 Å². The summed E-state index contributed by atoms with van der Waals surface area (Å²) in [5.74, 6) is -7.68. The summed E-state index contributed by atoms with van der Waals surface area (Å²) in [6.07, 6.45) is 3.08. The van der Waals surface area contributed by atoms with Crippen molar-refractivity contribution >= 4 is 34.8 Å². The first kappa shape index (κ1) is 28.6. The molecule has 41 heavy (non-hydrogen) atoms. The van der Waals surface area contributed by atoms with Crippen LogP contribution in [0.15, 0.2) is 23.0 Å². The highest BCUT2D eigenvalue weighted by atomic mass is 16.5. The zero-order valence-corrected chi connectivity index (χ0v) is 23.0. The number of primary amides is 1. The van der Waals surface area contributed by atoms with Gasteiger partial charge in [0, 0.05) is 29.2 Å². The lowest BCUT2D eigenvalue weighted by atomic mass is 9.57. The van der Waals surface area contributed by atoms with Crippen molar-refractivity contribution in [3.8, 4) is 11.5 Å². The van der Waals surface area contributed by atoms with E-state index in [4.69, 9.17) is 10.5 Å². The molecule has 0 aliphatic heterocycles. The van der Waals surface area contributed by atoms with Crippen LogP contribution in [-0.2, 0) is 25.6 Å². The average Bonchev–Trinajstić information content (AvgIpc) is 2.86. The zero-order valence-electron chi connectivity index (χ0n) is 23.0. The lowest BCUT2D eigenvalue weighted by molar-refractivity contribution is -0.153. The standard InChI is InChI=1S/C28H34N4O9/c1-32(2)21-14-8-11-7-13-16(41-3)9-15(31-17(33)10-30-12-5-4-6-12)22(34)19(13)23(35)18(11)25(37)28(14,40)26(38)20(24(21)36)27(29)39/h9,11-12,14,21,30,34-35,38,40H,4-8,10H2,1-3H3,(H2,29,39)(H,31,33)/t11-,14-,21-,28-/m0/s1. The van der Waals surface area contributed by atoms with Crippen molar-refractivity contribution in [1.82, 2.24) is 10.2 Å². The molecule has 0 saturated heterocycles. The number of ether oxygens (including phenoxy) is 1. The minimum absolute atomic E-state index is 0.00509. The van der Waals surface area contributed by atoms with Gasteiger partial charge >= 0.3 is 0 Å². The lowest BCUT2D eigenvalue weighted by Crippen LogP contribution is -2.65. The quantitative estimate of drug-likeness (QED) is 0.172. The van der Waals surface area contributed by atoms with Crippen molar-refractivity contribution in [3.63, 3.8) is 0 Å². The first-order chi connectivity index (χ1) is 19.3. The molecule has 4 atom stereocenters. The Kier molecular flexibility index (Phi) is 7.08. The number of ketones is 2. The van der Waals surface area contributed by atoms with E-state index in [9.17, 15) is 39.6 Å². The van der Waals surface area contributed by atoms with Gasteiger partial charge in [-0.25, -0.2) is 0 Å². The number of aromatic hydroxyl groups is 1. The number of Topliss-reactive ketones (excluding diaryl/α,β-unsaturated/α-hetero) is 2. The fourth-order valence-electron chi connectivity index (χ4n) is 6.60. The second kappa shape index (κ2) is 10.2. The number of phenolic OH excluding ortho intramolecular Hbond substituents is 1. The molecule has 0 spiro atoms. The molecule has 2 fully saturated rings. The number of methoxy groups -OCH3 is 1. The SMILES string of the molecule is COc1cc(NC(=O)CNC2CCC2)c(O)c2c1C[C@H]1C[C@H]3[C@H](N(C)C)C(=O)C(C(N)=O)=C(O)[C@@]3(O)C(=O)C1=C2O. The molecule has 2 saturated carbocycles. The Morgan fingerprint density at radius 1 is 1.20 bits per heavy atom. The molecule has 0 unspecified atom stereocenters. The molecule has 1 aromatic rings. The smallest absolute Gasteiger partial charge is 0.255 e. The van der Waals surface area contributed by atoms with Crippen LogP contribution in [0.25, 0.3) is 5.76 Å². The Morgan fingerprint density at radius 3 is 2.44 bits per heavy atom. The van der Waals surface area contributed by atoms with Crippen LogP contribution in [0.2, 0.25) is 0 Å². The van der Waals surface area contributed by atoms with Crippen LogP contribution in [0.3, 0.4) is 0 Å². The van der Waals surface area contributed by atoms with Gasteiger partial charge in [0.15, 0.2) is 17.1 Å². The molecule has 5 rings (SSSR count). The third kappa shape index (κ3) is 4.26. The van der Waals surface area contributed by atoms with Gasteiger partial charge in [-0.3, -0.25) is 24.1 Å². The summed E-state index contributed by atoms with van der Waals surface area (Å²) >= 11 is 0. The predicted molar refractivity (Wildman–Crippen MR) is 145 cm³/mol. The summed E-state index contributed by atoms with van der Waals surface area (Å²) in [5.41, 5.74) is 1.60. The molecule has 13 heteroatoms. The summed E-state index contributed by atoms with van der Waals surface area (Å²) in [4.78, 5) is 53.3. The van der Waals surface area contributed by atoms with Crippen molar-refractivity contribution in [3.05, 3.63) is 34.1 Å². The van der Waals surface area contributed by atoms with Crippen molar-refractivity contribution in [2.24, 2.45) is 17.6 Å². The van der Waals surface area contributed by atoms with Crippen LogP contribution in [0.5, 0.6) is 11.5 Å². The van der Waals surface area contributed by atoms with E-state index < -0.39 is 69.7 Å². The van der Waals surface area contributed by atoms with Crippen LogP contribution in [-0.4, -0.2) is 94.1 Å². The normalized spacial score (nSPS) is 27.7. The van der Waals surface area contributed by atoms with Crippen LogP contribution >= 0.6 is 0 Å². The molecule has 0 aromatic heterocycles. The molecule has 13 nitrogen and oxygen atoms in total. The molecule has 0 radical (unpaired) electrons. The number of nitrogens with two attached hydrogens (primary N) is 1. The van der Waals surface area contributed by atoms with Crippen molar-refractivity contribution < 1.29 is 44.3 Å². The van der Waals surface area contributed by atoms with Gasteiger partial charge < -0.3 is 41.5 Å². The number of aliphatic hydroxyl groups is 3. The van der Waals surface area contributed by atoms with E-state index in [0.717, 1.165) is 19.3 Å². The van der Waals surface area contributed by atoms with Gasteiger partial charge in [-0.1, -0.05) is 6.42 Å². The van der Waals surface area contributed by atoms with E-state index >= 15 is 0 Å². The molecule has 2 amide bonds. The average molecular weight is 571 g/mol. The number of phenols is 1. The number of nitrogens with zero attached hydrogens (tertiary/aromatic N) is 1. The Bertz CT molecular complexity index is 1430. The first-order valence-corrected chi connectivity index (χ1v) is 13.4. The predicted octanol–water partition coefficient (Wildman–Crippen LogP) is 0.0532. The maximum Gasteiger partial charge on any atom is 0.255 e. The maximum atomic E-state index is 14.0. The molecule has 220 valence electrons. The number of carbonyl (C=O) groups is 4. The summed E-state index contributed by atoms with van der Waals surface area (Å²) in [6, 6.07) is 0.511. The first-order valence-electron chi connectivity index (χ1n) is 13.4. The molecule has 4 aliphatic rings.